The third kappa shape index (κ3) is 10.3. The Morgan fingerprint density at radius 2 is 1.17 bits per heavy atom. The van der Waals surface area contributed by atoms with Crippen LogP contribution < -0.4 is 0 Å². The van der Waals surface area contributed by atoms with Crippen LogP contribution in [-0.4, -0.2) is 56.0 Å². The Labute approximate surface area is 172 Å². The van der Waals surface area contributed by atoms with Gasteiger partial charge in [0.1, 0.15) is 0 Å². The van der Waals surface area contributed by atoms with Crippen molar-refractivity contribution >= 4 is 5.69 Å². The van der Waals surface area contributed by atoms with Crippen molar-refractivity contribution in [3.63, 3.8) is 0 Å². The highest BCUT2D eigenvalue weighted by molar-refractivity contribution is 5.41. The monoisotopic (exact) mass is 388 g/mol. The average Bonchev–Trinajstić information content (AvgIpc) is 2.69. The lowest BCUT2D eigenvalue weighted by atomic mass is 10.1. The van der Waals surface area contributed by atoms with Gasteiger partial charge in [-0.2, -0.15) is 5.26 Å². The maximum absolute atomic E-state index is 10.4. The predicted molar refractivity (Wildman–Crippen MR) is 115 cm³/mol. The van der Waals surface area contributed by atoms with Gasteiger partial charge in [0, 0.05) is 23.3 Å². The number of hydrogen-bond acceptors (Lipinski definition) is 5. The second kappa shape index (κ2) is 12.7. The highest BCUT2D eigenvalue weighted by Gasteiger charge is 2.01. The third-order valence-electron chi connectivity index (χ3n) is 3.35. The van der Waals surface area contributed by atoms with Crippen molar-refractivity contribution in [2.45, 2.75) is 0 Å². The number of nitro groups is 1. The van der Waals surface area contributed by atoms with E-state index in [1.54, 1.807) is 24.3 Å². The number of nitriles is 1. The molecule has 2 aromatic rings. The van der Waals surface area contributed by atoms with Gasteiger partial charge in [-0.3, -0.25) is 19.9 Å². The quantitative estimate of drug-likeness (QED) is 0.459. The van der Waals surface area contributed by atoms with Crippen LogP contribution in [0.3, 0.4) is 0 Å². The maximum Gasteiger partial charge on any atom is 0.269 e. The van der Waals surface area contributed by atoms with Crippen LogP contribution in [0.1, 0.15) is 16.7 Å². The maximum atomic E-state index is 10.4. The zero-order valence-corrected chi connectivity index (χ0v) is 17.1. The lowest BCUT2D eigenvalue weighted by Gasteiger charge is -2.00. The van der Waals surface area contributed by atoms with Crippen LogP contribution in [-0.2, 0) is 0 Å². The Morgan fingerprint density at radius 3 is 1.52 bits per heavy atom. The van der Waals surface area contributed by atoms with Crippen molar-refractivity contribution in [3.8, 4) is 29.8 Å². The number of rotatable bonds is 3. The number of hydrogen-bond donors (Lipinski definition) is 0. The van der Waals surface area contributed by atoms with Crippen LogP contribution in [0.4, 0.5) is 5.69 Å². The summed E-state index contributed by atoms with van der Waals surface area (Å²) in [7, 11) is 7.83. The molecule has 148 valence electrons. The van der Waals surface area contributed by atoms with E-state index in [1.165, 1.54) is 12.1 Å². The fraction of sp³-hybridized carbons (Fsp3) is 0.261. The normalized spacial score (nSPS) is 9.28. The van der Waals surface area contributed by atoms with Crippen molar-refractivity contribution in [2.75, 3.05) is 41.3 Å². The summed E-state index contributed by atoms with van der Waals surface area (Å²) in [6.45, 7) is 1.43. The molecule has 0 aliphatic heterocycles. The van der Waals surface area contributed by atoms with E-state index < -0.39 is 4.92 Å². The summed E-state index contributed by atoms with van der Waals surface area (Å²) in [5, 5.41) is 19.0. The van der Waals surface area contributed by atoms with E-state index in [0.717, 1.165) is 17.7 Å². The summed E-state index contributed by atoms with van der Waals surface area (Å²) in [5.41, 5.74) is 2.50. The molecule has 0 saturated carbocycles. The fourth-order valence-electron chi connectivity index (χ4n) is 1.89. The van der Waals surface area contributed by atoms with E-state index in [1.807, 2.05) is 50.1 Å². The van der Waals surface area contributed by atoms with Gasteiger partial charge in [-0.1, -0.05) is 23.7 Å². The first-order valence-corrected chi connectivity index (χ1v) is 8.83. The zero-order chi connectivity index (χ0) is 21.6. The first kappa shape index (κ1) is 23.4. The van der Waals surface area contributed by atoms with Crippen LogP contribution in [0.5, 0.6) is 0 Å². The SMILES string of the molecule is CN(C)CC#Cc1ccc(C#N)cc1.CN(C)CC#Cc1ccc([N+](=O)[O-])cc1. The van der Waals surface area contributed by atoms with Crippen LogP contribution in [0, 0.1) is 45.1 Å². The van der Waals surface area contributed by atoms with Crippen LogP contribution >= 0.6 is 0 Å². The molecule has 2 rings (SSSR count). The van der Waals surface area contributed by atoms with E-state index in [4.69, 9.17) is 5.26 Å². The van der Waals surface area contributed by atoms with Crippen molar-refractivity contribution in [2.24, 2.45) is 0 Å². The minimum atomic E-state index is -0.420. The Morgan fingerprint density at radius 1 is 0.793 bits per heavy atom. The van der Waals surface area contributed by atoms with Crippen molar-refractivity contribution in [1.29, 1.82) is 5.26 Å². The molecular weight excluding hydrogens is 364 g/mol. The Hall–Kier alpha value is -3.63. The molecule has 0 radical (unpaired) electrons. The Kier molecular flexibility index (Phi) is 10.3. The standard InChI is InChI=1S/C12H12N2.C11H12N2O2/c1-14(2)9-3-4-11-5-7-12(10-13)8-6-11;1-12(2)9-3-4-10-5-7-11(8-6-10)13(14)15/h5-8H,9H2,1-2H3;5-8H,9H2,1-2H3. The van der Waals surface area contributed by atoms with E-state index in [0.29, 0.717) is 12.1 Å². The van der Waals surface area contributed by atoms with Gasteiger partial charge in [0.25, 0.3) is 5.69 Å². The van der Waals surface area contributed by atoms with Gasteiger partial charge in [0.2, 0.25) is 0 Å². The van der Waals surface area contributed by atoms with Gasteiger partial charge >= 0.3 is 0 Å². The summed E-state index contributed by atoms with van der Waals surface area (Å²) < 4.78 is 0. The molecule has 2 aromatic carbocycles. The minimum absolute atomic E-state index is 0.0909. The number of benzene rings is 2. The molecule has 0 aliphatic rings. The summed E-state index contributed by atoms with van der Waals surface area (Å²) in [6.07, 6.45) is 0. The molecular formula is C23H24N4O2. The van der Waals surface area contributed by atoms with Crippen LogP contribution in [0.2, 0.25) is 0 Å². The summed E-state index contributed by atoms with van der Waals surface area (Å²) in [5.74, 6) is 11.9. The molecule has 0 spiro atoms. The molecule has 0 aromatic heterocycles. The van der Waals surface area contributed by atoms with Crippen LogP contribution in [0.25, 0.3) is 0 Å². The molecule has 6 nitrogen and oxygen atoms in total. The molecule has 0 bridgehead atoms. The van der Waals surface area contributed by atoms with E-state index >= 15 is 0 Å². The van der Waals surface area contributed by atoms with E-state index in [-0.39, 0.29) is 5.69 Å². The second-order valence-electron chi connectivity index (χ2n) is 6.57. The molecule has 0 saturated heterocycles. The van der Waals surface area contributed by atoms with Gasteiger partial charge in [-0.05, 0) is 64.6 Å². The van der Waals surface area contributed by atoms with Gasteiger partial charge in [0.15, 0.2) is 0 Å². The zero-order valence-electron chi connectivity index (χ0n) is 17.1. The number of nitrogens with zero attached hydrogens (tertiary/aromatic N) is 4. The average molecular weight is 388 g/mol. The summed E-state index contributed by atoms with van der Waals surface area (Å²) in [6, 6.07) is 15.6. The molecule has 0 unspecified atom stereocenters. The first-order chi connectivity index (χ1) is 13.8. The fourth-order valence-corrected chi connectivity index (χ4v) is 1.89. The molecule has 0 N–H and O–H groups in total. The largest absolute Gasteiger partial charge is 0.299 e. The van der Waals surface area contributed by atoms with Crippen LogP contribution in [0.15, 0.2) is 48.5 Å². The van der Waals surface area contributed by atoms with E-state index in [9.17, 15) is 10.1 Å². The number of nitro benzene ring substituents is 1. The summed E-state index contributed by atoms with van der Waals surface area (Å²) >= 11 is 0. The van der Waals surface area contributed by atoms with Gasteiger partial charge in [0.05, 0.1) is 29.6 Å². The molecule has 0 heterocycles. The minimum Gasteiger partial charge on any atom is -0.299 e. The van der Waals surface area contributed by atoms with Gasteiger partial charge in [-0.25, -0.2) is 0 Å². The smallest absolute Gasteiger partial charge is 0.269 e. The third-order valence-corrected chi connectivity index (χ3v) is 3.35. The van der Waals surface area contributed by atoms with Gasteiger partial charge in [-0.15, -0.1) is 0 Å². The highest BCUT2D eigenvalue weighted by Crippen LogP contribution is 2.10. The van der Waals surface area contributed by atoms with Crippen molar-refractivity contribution in [3.05, 3.63) is 75.3 Å². The van der Waals surface area contributed by atoms with Crippen molar-refractivity contribution < 1.29 is 4.92 Å². The van der Waals surface area contributed by atoms with E-state index in [2.05, 4.69) is 29.8 Å². The second-order valence-corrected chi connectivity index (χ2v) is 6.57. The molecule has 0 atom stereocenters. The Bertz CT molecular complexity index is 949. The lowest BCUT2D eigenvalue weighted by Crippen LogP contribution is -2.10. The molecule has 6 heteroatoms. The molecule has 0 aliphatic carbocycles. The van der Waals surface area contributed by atoms with Crippen molar-refractivity contribution in [1.82, 2.24) is 9.80 Å². The lowest BCUT2D eigenvalue weighted by molar-refractivity contribution is -0.384. The Balaban J connectivity index is 0.000000291. The first-order valence-electron chi connectivity index (χ1n) is 8.83. The highest BCUT2D eigenvalue weighted by atomic mass is 16.6. The van der Waals surface area contributed by atoms with Gasteiger partial charge < -0.3 is 0 Å². The molecule has 0 amide bonds. The topological polar surface area (TPSA) is 73.4 Å². The predicted octanol–water partition coefficient (Wildman–Crippen LogP) is 2.98. The molecule has 0 fully saturated rings. The summed E-state index contributed by atoms with van der Waals surface area (Å²) in [4.78, 5) is 13.9. The number of non-ortho nitro benzene ring substituents is 1. The molecule has 29 heavy (non-hydrogen) atoms.